The summed E-state index contributed by atoms with van der Waals surface area (Å²) in [5.74, 6) is 0.317. The number of nitrogens with one attached hydrogen (secondary N) is 1. The maximum atomic E-state index is 13.1. The summed E-state index contributed by atoms with van der Waals surface area (Å²) in [4.78, 5) is 21.9. The molecule has 2 atom stereocenters. The van der Waals surface area contributed by atoms with Gasteiger partial charge in [-0.25, -0.2) is 0 Å². The fourth-order valence-electron chi connectivity index (χ4n) is 4.33. The summed E-state index contributed by atoms with van der Waals surface area (Å²) in [5.41, 5.74) is 1.20. The normalized spacial score (nSPS) is 28.8. The van der Waals surface area contributed by atoms with E-state index in [0.29, 0.717) is 11.9 Å². The van der Waals surface area contributed by atoms with Crippen LogP contribution in [0.4, 0.5) is 0 Å². The minimum atomic E-state index is 0. The molecule has 3 saturated heterocycles. The average Bonchev–Trinajstić information content (AvgIpc) is 3.04. The van der Waals surface area contributed by atoms with Gasteiger partial charge in [0.2, 0.25) is 5.91 Å². The smallest absolute Gasteiger partial charge is 0.240 e. The first kappa shape index (κ1) is 18.6. The second-order valence-electron chi connectivity index (χ2n) is 6.92. The number of carbonyl (C=O) groups is 1. The van der Waals surface area contributed by atoms with Crippen molar-refractivity contribution in [3.63, 3.8) is 0 Å². The number of nitrogens with zero attached hydrogens (tertiary/aromatic N) is 3. The lowest BCUT2D eigenvalue weighted by Gasteiger charge is -2.40. The molecular weight excluding hydrogens is 340 g/mol. The zero-order valence-corrected chi connectivity index (χ0v) is 15.3. The Labute approximate surface area is 155 Å². The molecule has 0 spiro atoms. The van der Waals surface area contributed by atoms with Crippen molar-refractivity contribution in [2.75, 3.05) is 39.4 Å². The van der Waals surface area contributed by atoms with E-state index in [0.717, 1.165) is 58.7 Å². The summed E-state index contributed by atoms with van der Waals surface area (Å²) in [6.45, 7) is 5.19. The molecule has 0 radical (unpaired) electrons. The predicted molar refractivity (Wildman–Crippen MR) is 97.8 cm³/mol. The minimum Gasteiger partial charge on any atom is -0.381 e. The van der Waals surface area contributed by atoms with Gasteiger partial charge in [-0.1, -0.05) is 6.07 Å². The molecule has 138 valence electrons. The Hall–Kier alpha value is -1.21. The van der Waals surface area contributed by atoms with E-state index >= 15 is 0 Å². The molecule has 7 heteroatoms. The van der Waals surface area contributed by atoms with Crippen LogP contribution in [0, 0.1) is 0 Å². The van der Waals surface area contributed by atoms with Crippen LogP contribution in [0.15, 0.2) is 24.5 Å². The molecule has 1 aromatic rings. The van der Waals surface area contributed by atoms with Gasteiger partial charge in [0.1, 0.15) is 0 Å². The summed E-state index contributed by atoms with van der Waals surface area (Å²) in [7, 11) is 0. The van der Waals surface area contributed by atoms with Crippen molar-refractivity contribution in [3.8, 4) is 0 Å². The van der Waals surface area contributed by atoms with Gasteiger partial charge in [0.15, 0.2) is 0 Å². The molecule has 3 fully saturated rings. The molecule has 1 aromatic heterocycles. The Bertz CT molecular complexity index is 567. The lowest BCUT2D eigenvalue weighted by Crippen LogP contribution is -2.53. The Kier molecular flexibility index (Phi) is 6.28. The lowest BCUT2D eigenvalue weighted by atomic mass is 10.0. The van der Waals surface area contributed by atoms with Gasteiger partial charge < -0.3 is 15.0 Å². The van der Waals surface area contributed by atoms with Gasteiger partial charge >= 0.3 is 0 Å². The van der Waals surface area contributed by atoms with Gasteiger partial charge in [-0.2, -0.15) is 0 Å². The number of ether oxygens (including phenoxy) is 1. The fraction of sp³-hybridized carbons (Fsp3) is 0.667. The Morgan fingerprint density at radius 3 is 2.76 bits per heavy atom. The highest BCUT2D eigenvalue weighted by Crippen LogP contribution is 2.30. The third-order valence-corrected chi connectivity index (χ3v) is 5.60. The second-order valence-corrected chi connectivity index (χ2v) is 6.92. The van der Waals surface area contributed by atoms with E-state index in [1.807, 2.05) is 12.3 Å². The van der Waals surface area contributed by atoms with Crippen LogP contribution in [0.2, 0.25) is 0 Å². The first-order chi connectivity index (χ1) is 11.8. The summed E-state index contributed by atoms with van der Waals surface area (Å²) < 4.78 is 5.45. The van der Waals surface area contributed by atoms with E-state index < -0.39 is 0 Å². The van der Waals surface area contributed by atoms with Crippen molar-refractivity contribution in [1.82, 2.24) is 20.1 Å². The van der Waals surface area contributed by atoms with Crippen LogP contribution >= 0.6 is 12.4 Å². The zero-order valence-electron chi connectivity index (χ0n) is 14.5. The van der Waals surface area contributed by atoms with E-state index in [1.54, 1.807) is 6.20 Å². The topological polar surface area (TPSA) is 57.7 Å². The number of likely N-dealkylation sites (tertiary alicyclic amines) is 1. The van der Waals surface area contributed by atoms with Gasteiger partial charge in [-0.05, 0) is 30.9 Å². The van der Waals surface area contributed by atoms with Crippen LogP contribution in [0.5, 0.6) is 0 Å². The molecule has 6 nitrogen and oxygen atoms in total. The molecule has 1 amide bonds. The number of aromatic nitrogens is 1. The average molecular weight is 367 g/mol. The first-order valence-corrected chi connectivity index (χ1v) is 9.09. The van der Waals surface area contributed by atoms with Crippen LogP contribution in [0.1, 0.15) is 30.9 Å². The fourth-order valence-corrected chi connectivity index (χ4v) is 4.33. The maximum Gasteiger partial charge on any atom is 0.240 e. The van der Waals surface area contributed by atoms with E-state index in [9.17, 15) is 4.79 Å². The quantitative estimate of drug-likeness (QED) is 0.872. The second kappa shape index (κ2) is 8.45. The third kappa shape index (κ3) is 3.82. The largest absolute Gasteiger partial charge is 0.381 e. The molecule has 4 rings (SSSR count). The molecule has 2 unspecified atom stereocenters. The lowest BCUT2D eigenvalue weighted by molar-refractivity contribution is -0.136. The molecule has 25 heavy (non-hydrogen) atoms. The van der Waals surface area contributed by atoms with Crippen molar-refractivity contribution >= 4 is 18.3 Å². The molecule has 3 aliphatic heterocycles. The third-order valence-electron chi connectivity index (χ3n) is 5.60. The van der Waals surface area contributed by atoms with Crippen LogP contribution < -0.4 is 5.32 Å². The first-order valence-electron chi connectivity index (χ1n) is 9.09. The van der Waals surface area contributed by atoms with E-state index in [-0.39, 0.29) is 24.5 Å². The number of pyridine rings is 1. The number of hydrogen-bond donors (Lipinski definition) is 1. The summed E-state index contributed by atoms with van der Waals surface area (Å²) in [5, 5.41) is 3.47. The highest BCUT2D eigenvalue weighted by Gasteiger charge is 2.42. The SMILES string of the molecule is Cl.O=C1C(N2CCNCC2c2cccnc2)CCN1C1CCOCC1. The van der Waals surface area contributed by atoms with E-state index in [2.05, 4.69) is 26.2 Å². The summed E-state index contributed by atoms with van der Waals surface area (Å²) >= 11 is 0. The van der Waals surface area contributed by atoms with Gasteiger partial charge in [-0.3, -0.25) is 14.7 Å². The molecule has 0 bridgehead atoms. The van der Waals surface area contributed by atoms with Crippen molar-refractivity contribution in [3.05, 3.63) is 30.1 Å². The Morgan fingerprint density at radius 2 is 2.00 bits per heavy atom. The number of rotatable bonds is 3. The van der Waals surface area contributed by atoms with E-state index in [1.165, 1.54) is 5.56 Å². The summed E-state index contributed by atoms with van der Waals surface area (Å²) in [6, 6.07) is 4.72. The highest BCUT2D eigenvalue weighted by molar-refractivity contribution is 5.85. The monoisotopic (exact) mass is 366 g/mol. The van der Waals surface area contributed by atoms with Crippen LogP contribution in [-0.2, 0) is 9.53 Å². The minimum absolute atomic E-state index is 0. The van der Waals surface area contributed by atoms with Gasteiger partial charge in [0.05, 0.1) is 6.04 Å². The van der Waals surface area contributed by atoms with Crippen molar-refractivity contribution in [2.45, 2.75) is 37.4 Å². The maximum absolute atomic E-state index is 13.1. The highest BCUT2D eigenvalue weighted by atomic mass is 35.5. The predicted octanol–water partition coefficient (Wildman–Crippen LogP) is 1.23. The molecule has 4 heterocycles. The van der Waals surface area contributed by atoms with Crippen LogP contribution in [0.25, 0.3) is 0 Å². The van der Waals surface area contributed by atoms with Crippen LogP contribution in [-0.4, -0.2) is 72.2 Å². The zero-order chi connectivity index (χ0) is 16.4. The van der Waals surface area contributed by atoms with Crippen molar-refractivity contribution in [2.24, 2.45) is 0 Å². The number of amides is 1. The van der Waals surface area contributed by atoms with Crippen LogP contribution in [0.3, 0.4) is 0 Å². The molecule has 0 aromatic carbocycles. The molecule has 3 aliphatic rings. The number of piperazine rings is 1. The Balaban J connectivity index is 0.00000182. The van der Waals surface area contributed by atoms with Gasteiger partial charge in [0, 0.05) is 63.9 Å². The molecule has 1 N–H and O–H groups in total. The number of carbonyl (C=O) groups excluding carboxylic acids is 1. The van der Waals surface area contributed by atoms with Crippen molar-refractivity contribution < 1.29 is 9.53 Å². The standard InChI is InChI=1S/C18H26N4O2.ClH/c23-18-16(3-8-21(18)15-4-10-24-11-5-15)22-9-7-20-13-17(22)14-2-1-6-19-12-14;/h1-2,6,12,15-17,20H,3-5,7-11,13H2;1H. The number of halogens is 1. The van der Waals surface area contributed by atoms with E-state index in [4.69, 9.17) is 4.74 Å². The summed E-state index contributed by atoms with van der Waals surface area (Å²) in [6.07, 6.45) is 6.63. The Morgan fingerprint density at radius 1 is 1.16 bits per heavy atom. The molecule has 0 saturated carbocycles. The van der Waals surface area contributed by atoms with Crippen molar-refractivity contribution in [1.29, 1.82) is 0 Å². The molecule has 0 aliphatic carbocycles. The van der Waals surface area contributed by atoms with Gasteiger partial charge in [0.25, 0.3) is 0 Å². The number of hydrogen-bond acceptors (Lipinski definition) is 5. The van der Waals surface area contributed by atoms with Gasteiger partial charge in [-0.15, -0.1) is 12.4 Å². The molecular formula is C18H27ClN4O2.